The molecule has 188 valence electrons. The SMILES string of the molecule is Cc1ccccc1Sc1ccc(C(F)(F)F)cc1/N=c1/cc2sc3ccccc3nc-2cc1C(F)(F)F. The molecule has 0 fully saturated rings. The Morgan fingerprint density at radius 2 is 1.51 bits per heavy atom. The maximum atomic E-state index is 14.1. The van der Waals surface area contributed by atoms with Crippen molar-refractivity contribution in [2.24, 2.45) is 4.99 Å². The highest BCUT2D eigenvalue weighted by Gasteiger charge is 2.34. The quantitative estimate of drug-likeness (QED) is 0.167. The summed E-state index contributed by atoms with van der Waals surface area (Å²) in [4.78, 5) is 10.0. The van der Waals surface area contributed by atoms with E-state index >= 15 is 0 Å². The molecule has 0 radical (unpaired) electrons. The van der Waals surface area contributed by atoms with Gasteiger partial charge in [-0.25, -0.2) is 9.98 Å². The summed E-state index contributed by atoms with van der Waals surface area (Å²) in [5.41, 5.74) is -0.711. The molecule has 1 heterocycles. The third-order valence-electron chi connectivity index (χ3n) is 5.55. The van der Waals surface area contributed by atoms with E-state index < -0.39 is 28.8 Å². The Balaban J connectivity index is 1.77. The molecule has 1 aliphatic heterocycles. The number of aryl methyl sites for hydroxylation is 1. The summed E-state index contributed by atoms with van der Waals surface area (Å²) in [5, 5.41) is -0.473. The van der Waals surface area contributed by atoms with Crippen molar-refractivity contribution in [3.8, 4) is 10.6 Å². The molecule has 0 unspecified atom stereocenters. The number of halogens is 6. The Bertz CT molecular complexity index is 1650. The van der Waals surface area contributed by atoms with E-state index in [4.69, 9.17) is 0 Å². The molecule has 0 saturated carbocycles. The number of hydrogen-bond donors (Lipinski definition) is 0. The molecular formula is C27H16F6N2S2. The largest absolute Gasteiger partial charge is 0.418 e. The molecule has 10 heteroatoms. The zero-order valence-corrected chi connectivity index (χ0v) is 20.6. The lowest BCUT2D eigenvalue weighted by molar-refractivity contribution is -0.139. The van der Waals surface area contributed by atoms with Gasteiger partial charge in [0.1, 0.15) is 0 Å². The minimum atomic E-state index is -4.80. The van der Waals surface area contributed by atoms with Crippen LogP contribution < -0.4 is 5.36 Å². The van der Waals surface area contributed by atoms with Crippen molar-refractivity contribution in [3.63, 3.8) is 0 Å². The van der Waals surface area contributed by atoms with Gasteiger partial charge in [0.2, 0.25) is 0 Å². The van der Waals surface area contributed by atoms with E-state index in [9.17, 15) is 26.3 Å². The molecule has 3 aromatic carbocycles. The maximum Gasteiger partial charge on any atom is 0.418 e. The van der Waals surface area contributed by atoms with Crippen LogP contribution in [0, 0.1) is 6.92 Å². The van der Waals surface area contributed by atoms with E-state index in [1.807, 2.05) is 19.1 Å². The first-order valence-corrected chi connectivity index (χ1v) is 12.5. The maximum absolute atomic E-state index is 14.1. The fourth-order valence-corrected chi connectivity index (χ4v) is 5.66. The van der Waals surface area contributed by atoms with Crippen molar-refractivity contribution < 1.29 is 26.3 Å². The standard InChI is InChI=1S/C27H16F6N2S2/c1-15-6-2-4-8-22(15)36-24-11-10-16(26(28,29)30)12-20(24)35-19-14-25-21(13-17(19)27(31,32)33)34-18-7-3-5-9-23(18)37-25/h2-14H,1H3/b35-19-. The van der Waals surface area contributed by atoms with Gasteiger partial charge in [-0.2, -0.15) is 26.3 Å². The fraction of sp³-hybridized carbons (Fsp3) is 0.111. The zero-order valence-electron chi connectivity index (χ0n) is 19.0. The monoisotopic (exact) mass is 546 g/mol. The minimum absolute atomic E-state index is 0.133. The van der Waals surface area contributed by atoms with Crippen LogP contribution in [0.3, 0.4) is 0 Å². The van der Waals surface area contributed by atoms with Crippen molar-refractivity contribution in [2.45, 2.75) is 29.1 Å². The van der Waals surface area contributed by atoms with Crippen molar-refractivity contribution in [1.29, 1.82) is 0 Å². The predicted octanol–water partition coefficient (Wildman–Crippen LogP) is 9.13. The summed E-state index contributed by atoms with van der Waals surface area (Å²) in [7, 11) is 0. The van der Waals surface area contributed by atoms with Gasteiger partial charge < -0.3 is 0 Å². The first-order chi connectivity index (χ1) is 17.5. The van der Waals surface area contributed by atoms with E-state index in [2.05, 4.69) is 9.98 Å². The number of aromatic nitrogens is 1. The second-order valence-electron chi connectivity index (χ2n) is 8.18. The smallest absolute Gasteiger partial charge is 0.247 e. The first kappa shape index (κ1) is 25.3. The van der Waals surface area contributed by atoms with Gasteiger partial charge >= 0.3 is 12.4 Å². The topological polar surface area (TPSA) is 25.2 Å². The molecule has 2 aliphatic rings. The molecule has 0 aromatic heterocycles. The highest BCUT2D eigenvalue weighted by Crippen LogP contribution is 2.41. The number of hydrogen-bond acceptors (Lipinski definition) is 4. The van der Waals surface area contributed by atoms with Crippen LogP contribution in [0.4, 0.5) is 32.0 Å². The number of rotatable bonds is 3. The van der Waals surface area contributed by atoms with Gasteiger partial charge in [0.15, 0.2) is 0 Å². The van der Waals surface area contributed by atoms with Crippen LogP contribution in [0.15, 0.2) is 93.6 Å². The summed E-state index contributed by atoms with van der Waals surface area (Å²) in [6.07, 6.45) is -9.48. The normalized spacial score (nSPS) is 13.0. The lowest BCUT2D eigenvalue weighted by Gasteiger charge is -2.14. The van der Waals surface area contributed by atoms with Gasteiger partial charge in [-0.1, -0.05) is 42.1 Å². The fourth-order valence-electron chi connectivity index (χ4n) is 3.72. The highest BCUT2D eigenvalue weighted by atomic mass is 32.2. The van der Waals surface area contributed by atoms with E-state index in [1.54, 1.807) is 36.4 Å². The third kappa shape index (κ3) is 5.35. The summed E-state index contributed by atoms with van der Waals surface area (Å²) >= 11 is 2.38. The average molecular weight is 547 g/mol. The van der Waals surface area contributed by atoms with Gasteiger partial charge in [-0.05, 0) is 61.0 Å². The molecule has 1 aliphatic carbocycles. The second kappa shape index (κ2) is 9.50. The van der Waals surface area contributed by atoms with Gasteiger partial charge in [0, 0.05) is 9.79 Å². The summed E-state index contributed by atoms with van der Waals surface area (Å²) in [5.74, 6) is 0. The Morgan fingerprint density at radius 1 is 0.784 bits per heavy atom. The molecule has 2 nitrogen and oxygen atoms in total. The summed E-state index contributed by atoms with van der Waals surface area (Å²) in [6, 6.07) is 19.3. The van der Waals surface area contributed by atoms with Crippen molar-refractivity contribution >= 4 is 39.0 Å². The van der Waals surface area contributed by atoms with Crippen LogP contribution in [-0.4, -0.2) is 4.98 Å². The van der Waals surface area contributed by atoms with Crippen LogP contribution in [-0.2, 0) is 12.4 Å². The van der Waals surface area contributed by atoms with Crippen molar-refractivity contribution in [2.75, 3.05) is 0 Å². The summed E-state index contributed by atoms with van der Waals surface area (Å²) < 4.78 is 83.6. The van der Waals surface area contributed by atoms with Gasteiger partial charge in [-0.15, -0.1) is 11.3 Å². The zero-order chi connectivity index (χ0) is 26.4. The van der Waals surface area contributed by atoms with E-state index in [0.717, 1.165) is 45.1 Å². The number of para-hydroxylation sites is 1. The molecule has 5 rings (SSSR count). The lowest BCUT2D eigenvalue weighted by Crippen LogP contribution is -2.20. The van der Waals surface area contributed by atoms with Crippen LogP contribution in [0.5, 0.6) is 0 Å². The first-order valence-electron chi connectivity index (χ1n) is 10.9. The number of nitrogens with zero attached hydrogens (tertiary/aromatic N) is 2. The molecule has 3 aromatic rings. The number of benzene rings is 4. The van der Waals surface area contributed by atoms with Crippen LogP contribution in [0.2, 0.25) is 0 Å². The summed E-state index contributed by atoms with van der Waals surface area (Å²) in [6.45, 7) is 1.84. The minimum Gasteiger partial charge on any atom is -0.247 e. The van der Waals surface area contributed by atoms with Crippen LogP contribution in [0.25, 0.3) is 20.8 Å². The van der Waals surface area contributed by atoms with E-state index in [1.165, 1.54) is 23.5 Å². The van der Waals surface area contributed by atoms with E-state index in [-0.39, 0.29) is 11.4 Å². The molecule has 0 spiro atoms. The van der Waals surface area contributed by atoms with Crippen molar-refractivity contribution in [1.82, 2.24) is 4.98 Å². The second-order valence-corrected chi connectivity index (χ2v) is 10.3. The highest BCUT2D eigenvalue weighted by molar-refractivity contribution is 7.99. The molecule has 0 saturated heterocycles. The Labute approximate surface area is 215 Å². The average Bonchev–Trinajstić information content (AvgIpc) is 2.83. The Kier molecular flexibility index (Phi) is 6.49. The number of alkyl halides is 6. The Hall–Kier alpha value is -3.37. The third-order valence-corrected chi connectivity index (χ3v) is 7.90. The van der Waals surface area contributed by atoms with Gasteiger partial charge in [0.25, 0.3) is 0 Å². The van der Waals surface area contributed by atoms with Crippen molar-refractivity contribution in [3.05, 3.63) is 101 Å². The predicted molar refractivity (Wildman–Crippen MR) is 133 cm³/mol. The van der Waals surface area contributed by atoms with E-state index in [0.29, 0.717) is 15.3 Å². The van der Waals surface area contributed by atoms with Gasteiger partial charge in [0.05, 0.1) is 43.0 Å². The molecule has 0 bridgehead atoms. The molecule has 0 amide bonds. The molecule has 37 heavy (non-hydrogen) atoms. The molecular weight excluding hydrogens is 530 g/mol. The number of fused-ring (bicyclic) bond motifs is 2. The molecule has 0 atom stereocenters. The molecule has 0 N–H and O–H groups in total. The van der Waals surface area contributed by atoms with Crippen LogP contribution in [0.1, 0.15) is 16.7 Å². The van der Waals surface area contributed by atoms with Crippen LogP contribution >= 0.6 is 23.1 Å². The Morgan fingerprint density at radius 3 is 2.24 bits per heavy atom. The lowest BCUT2D eigenvalue weighted by atomic mass is 10.1. The van der Waals surface area contributed by atoms with Gasteiger partial charge in [-0.3, -0.25) is 0 Å².